The molecule has 1 aromatic rings. The van der Waals surface area contributed by atoms with Gasteiger partial charge in [0.1, 0.15) is 0 Å². The first kappa shape index (κ1) is 19.8. The lowest BCUT2D eigenvalue weighted by Crippen LogP contribution is -2.39. The van der Waals surface area contributed by atoms with E-state index in [1.165, 1.54) is 28.6 Å². The quantitative estimate of drug-likeness (QED) is 0.796. The average Bonchev–Trinajstić information content (AvgIpc) is 3.10. The number of piperidine rings is 1. The molecule has 3 atom stereocenters. The highest BCUT2D eigenvalue weighted by atomic mass is 32.2. The van der Waals surface area contributed by atoms with Crippen LogP contribution in [0.1, 0.15) is 49.4 Å². The first-order valence-electron chi connectivity index (χ1n) is 9.41. The molecule has 0 radical (unpaired) electrons. The molecule has 1 saturated carbocycles. The zero-order valence-electron chi connectivity index (χ0n) is 15.4. The van der Waals surface area contributed by atoms with Gasteiger partial charge in [-0.15, -0.1) is 0 Å². The third kappa shape index (κ3) is 4.50. The number of carbonyl (C=O) groups is 2. The fourth-order valence-electron chi connectivity index (χ4n) is 3.90. The second-order valence-corrected chi connectivity index (χ2v) is 9.59. The maximum atomic E-state index is 12.8. The van der Waals surface area contributed by atoms with Gasteiger partial charge in [-0.1, -0.05) is 6.92 Å². The molecule has 7 nitrogen and oxygen atoms in total. The van der Waals surface area contributed by atoms with E-state index in [9.17, 15) is 18.0 Å². The smallest absolute Gasteiger partial charge is 0.306 e. The van der Waals surface area contributed by atoms with Gasteiger partial charge in [0.25, 0.3) is 5.91 Å². The molecule has 8 heteroatoms. The lowest BCUT2D eigenvalue weighted by molar-refractivity contribution is -0.141. The Morgan fingerprint density at radius 2 is 1.85 bits per heavy atom. The van der Waals surface area contributed by atoms with E-state index in [4.69, 9.17) is 5.11 Å². The Labute approximate surface area is 159 Å². The van der Waals surface area contributed by atoms with Gasteiger partial charge in [-0.25, -0.2) is 8.42 Å². The van der Waals surface area contributed by atoms with E-state index in [2.05, 4.69) is 5.32 Å². The zero-order chi connectivity index (χ0) is 19.6. The maximum Gasteiger partial charge on any atom is 0.306 e. The molecule has 2 fully saturated rings. The number of nitrogens with one attached hydrogen (secondary N) is 1. The third-order valence-corrected chi connectivity index (χ3v) is 7.37. The molecular weight excluding hydrogens is 368 g/mol. The van der Waals surface area contributed by atoms with E-state index >= 15 is 0 Å². The number of aliphatic carboxylic acids is 1. The van der Waals surface area contributed by atoms with Crippen molar-refractivity contribution in [2.45, 2.75) is 50.0 Å². The topological polar surface area (TPSA) is 104 Å². The van der Waals surface area contributed by atoms with Crippen LogP contribution in [0.3, 0.4) is 0 Å². The lowest BCUT2D eigenvalue weighted by Gasteiger charge is -2.30. The predicted molar refractivity (Wildman–Crippen MR) is 99.8 cm³/mol. The van der Waals surface area contributed by atoms with Gasteiger partial charge in [0.15, 0.2) is 0 Å². The summed E-state index contributed by atoms with van der Waals surface area (Å²) in [5.74, 6) is -1.19. The summed E-state index contributed by atoms with van der Waals surface area (Å²) in [6.45, 7) is 3.10. The van der Waals surface area contributed by atoms with Crippen LogP contribution in [0.15, 0.2) is 29.2 Å². The monoisotopic (exact) mass is 394 g/mol. The molecule has 2 aliphatic rings. The molecule has 1 aromatic carbocycles. The molecule has 0 spiro atoms. The first-order valence-corrected chi connectivity index (χ1v) is 10.8. The number of sulfonamides is 1. The summed E-state index contributed by atoms with van der Waals surface area (Å²) in [5.41, 5.74) is 0.375. The zero-order valence-corrected chi connectivity index (χ0v) is 16.2. The number of carboxylic acid groups (broad SMARTS) is 1. The maximum absolute atomic E-state index is 12.8. The summed E-state index contributed by atoms with van der Waals surface area (Å²) in [4.78, 5) is 23.6. The van der Waals surface area contributed by atoms with Gasteiger partial charge >= 0.3 is 5.97 Å². The molecule has 0 aromatic heterocycles. The van der Waals surface area contributed by atoms with Crippen molar-refractivity contribution in [2.24, 2.45) is 11.8 Å². The fraction of sp³-hybridized carbons (Fsp3) is 0.579. The van der Waals surface area contributed by atoms with E-state index in [-0.39, 0.29) is 16.8 Å². The van der Waals surface area contributed by atoms with Gasteiger partial charge in [0.2, 0.25) is 10.0 Å². The van der Waals surface area contributed by atoms with Crippen molar-refractivity contribution in [1.82, 2.24) is 9.62 Å². The Morgan fingerprint density at radius 3 is 2.44 bits per heavy atom. The van der Waals surface area contributed by atoms with Crippen LogP contribution in [-0.4, -0.2) is 48.8 Å². The molecule has 1 aliphatic carbocycles. The Kier molecular flexibility index (Phi) is 5.86. The van der Waals surface area contributed by atoms with Crippen molar-refractivity contribution < 1.29 is 23.1 Å². The number of rotatable bonds is 5. The van der Waals surface area contributed by atoms with Gasteiger partial charge < -0.3 is 10.4 Å². The minimum atomic E-state index is -3.54. The van der Waals surface area contributed by atoms with E-state index in [0.29, 0.717) is 43.8 Å². The van der Waals surface area contributed by atoms with Crippen LogP contribution in [-0.2, 0) is 14.8 Å². The average molecular weight is 394 g/mol. The number of carboxylic acids is 1. The molecule has 1 amide bonds. The number of hydrogen-bond donors (Lipinski definition) is 2. The van der Waals surface area contributed by atoms with Gasteiger partial charge in [-0.3, -0.25) is 9.59 Å². The Balaban J connectivity index is 1.64. The molecule has 148 valence electrons. The van der Waals surface area contributed by atoms with Crippen molar-refractivity contribution in [1.29, 1.82) is 0 Å². The molecule has 1 heterocycles. The second kappa shape index (κ2) is 7.98. The lowest BCUT2D eigenvalue weighted by atomic mass is 10.0. The fourth-order valence-corrected chi connectivity index (χ4v) is 5.50. The minimum absolute atomic E-state index is 0.156. The van der Waals surface area contributed by atoms with Crippen LogP contribution in [0.5, 0.6) is 0 Å². The summed E-state index contributed by atoms with van der Waals surface area (Å²) in [7, 11) is -3.54. The highest BCUT2D eigenvalue weighted by Gasteiger charge is 2.31. The van der Waals surface area contributed by atoms with Crippen LogP contribution in [0.4, 0.5) is 0 Å². The normalized spacial score (nSPS) is 26.6. The Morgan fingerprint density at radius 1 is 1.15 bits per heavy atom. The van der Waals surface area contributed by atoms with Crippen LogP contribution in [0.2, 0.25) is 0 Å². The number of nitrogens with zero attached hydrogens (tertiary/aromatic N) is 1. The van der Waals surface area contributed by atoms with Crippen molar-refractivity contribution in [3.05, 3.63) is 29.8 Å². The first-order chi connectivity index (χ1) is 12.8. The van der Waals surface area contributed by atoms with E-state index in [0.717, 1.165) is 12.8 Å². The molecule has 0 bridgehead atoms. The van der Waals surface area contributed by atoms with E-state index in [1.54, 1.807) is 0 Å². The van der Waals surface area contributed by atoms with Crippen LogP contribution >= 0.6 is 0 Å². The summed E-state index contributed by atoms with van der Waals surface area (Å²) < 4.78 is 27.0. The van der Waals surface area contributed by atoms with Gasteiger partial charge in [0, 0.05) is 24.7 Å². The SMILES string of the molecule is CC1CCCN(S(=O)(=O)c2ccc(C(=O)N[C@@H]3CC[C@H](C(=O)O)C3)cc2)C1. The molecule has 1 unspecified atom stereocenters. The van der Waals surface area contributed by atoms with Crippen LogP contribution in [0.25, 0.3) is 0 Å². The summed E-state index contributed by atoms with van der Waals surface area (Å²) in [5, 5.41) is 11.9. The van der Waals surface area contributed by atoms with Crippen LogP contribution < -0.4 is 5.32 Å². The third-order valence-electron chi connectivity index (χ3n) is 5.49. The summed E-state index contributed by atoms with van der Waals surface area (Å²) in [6.07, 6.45) is 3.53. The highest BCUT2D eigenvalue weighted by Crippen LogP contribution is 2.26. The summed E-state index contributed by atoms with van der Waals surface area (Å²) in [6, 6.07) is 5.81. The van der Waals surface area contributed by atoms with Gasteiger partial charge in [0.05, 0.1) is 10.8 Å². The molecule has 1 aliphatic heterocycles. The number of hydrogen-bond acceptors (Lipinski definition) is 4. The van der Waals surface area contributed by atoms with Crippen LogP contribution in [0, 0.1) is 11.8 Å². The Bertz CT molecular complexity index is 806. The van der Waals surface area contributed by atoms with Crippen molar-refractivity contribution in [3.63, 3.8) is 0 Å². The predicted octanol–water partition coefficient (Wildman–Crippen LogP) is 2.09. The molecule has 27 heavy (non-hydrogen) atoms. The number of carbonyl (C=O) groups excluding carboxylic acids is 1. The summed E-state index contributed by atoms with van der Waals surface area (Å²) >= 11 is 0. The number of amides is 1. The van der Waals surface area contributed by atoms with Crippen molar-refractivity contribution >= 4 is 21.9 Å². The molecule has 3 rings (SSSR count). The molecule has 1 saturated heterocycles. The Hall–Kier alpha value is -1.93. The van der Waals surface area contributed by atoms with E-state index < -0.39 is 21.9 Å². The standard InChI is InChI=1S/C19H26N2O5S/c1-13-3-2-10-21(12-13)27(25,26)17-8-5-14(6-9-17)18(22)20-16-7-4-15(11-16)19(23)24/h5-6,8-9,13,15-16H,2-4,7,10-12H2,1H3,(H,20,22)(H,23,24)/t13?,15-,16+/m0/s1. The van der Waals surface area contributed by atoms with Gasteiger partial charge in [-0.05, 0) is 62.3 Å². The van der Waals surface area contributed by atoms with Crippen molar-refractivity contribution in [2.75, 3.05) is 13.1 Å². The van der Waals surface area contributed by atoms with E-state index in [1.807, 2.05) is 6.92 Å². The van der Waals surface area contributed by atoms with Gasteiger partial charge in [-0.2, -0.15) is 4.31 Å². The highest BCUT2D eigenvalue weighted by molar-refractivity contribution is 7.89. The second-order valence-electron chi connectivity index (χ2n) is 7.65. The largest absolute Gasteiger partial charge is 0.481 e. The molecule has 2 N–H and O–H groups in total. The van der Waals surface area contributed by atoms with Crippen molar-refractivity contribution in [3.8, 4) is 0 Å². The molecular formula is C19H26N2O5S. The minimum Gasteiger partial charge on any atom is -0.481 e. The number of benzene rings is 1.